The van der Waals surface area contributed by atoms with E-state index in [1.54, 1.807) is 13.1 Å². The topological polar surface area (TPSA) is 104 Å². The molecule has 9 heteroatoms. The van der Waals surface area contributed by atoms with Gasteiger partial charge in [0, 0.05) is 46.0 Å². The van der Waals surface area contributed by atoms with Crippen molar-refractivity contribution in [1.82, 2.24) is 14.8 Å². The van der Waals surface area contributed by atoms with Crippen LogP contribution in [0.3, 0.4) is 0 Å². The number of carboxylic acid groups (broad SMARTS) is 1. The van der Waals surface area contributed by atoms with E-state index >= 15 is 0 Å². The second-order valence-electron chi connectivity index (χ2n) is 9.99. The van der Waals surface area contributed by atoms with Crippen LogP contribution in [0.5, 0.6) is 0 Å². The predicted octanol–water partition coefficient (Wildman–Crippen LogP) is 5.32. The molecule has 1 aliphatic rings. The largest absolute Gasteiger partial charge is 0.479 e. The van der Waals surface area contributed by atoms with Crippen molar-refractivity contribution in [2.45, 2.75) is 50.5 Å². The number of aliphatic carboxylic acids is 1. The van der Waals surface area contributed by atoms with Crippen LogP contribution in [0, 0.1) is 23.0 Å². The number of aromatic amines is 1. The fourth-order valence-electron chi connectivity index (χ4n) is 5.21. The van der Waals surface area contributed by atoms with Crippen LogP contribution in [0.2, 0.25) is 0 Å². The molecule has 0 saturated carbocycles. The number of benzene rings is 2. The van der Waals surface area contributed by atoms with Gasteiger partial charge in [-0.1, -0.05) is 13.8 Å². The van der Waals surface area contributed by atoms with Gasteiger partial charge >= 0.3 is 5.97 Å². The van der Waals surface area contributed by atoms with E-state index in [0.29, 0.717) is 5.69 Å². The number of H-pyrrole nitrogens is 1. The first-order valence-electron chi connectivity index (χ1n) is 11.3. The van der Waals surface area contributed by atoms with Gasteiger partial charge in [0.05, 0.1) is 29.9 Å². The third-order valence-corrected chi connectivity index (χ3v) is 6.99. The van der Waals surface area contributed by atoms with Crippen molar-refractivity contribution in [2.75, 3.05) is 6.61 Å². The molecule has 7 nitrogen and oxygen atoms in total. The van der Waals surface area contributed by atoms with Crippen molar-refractivity contribution in [3.05, 3.63) is 59.4 Å². The molecule has 0 aliphatic carbocycles. The summed E-state index contributed by atoms with van der Waals surface area (Å²) in [5.41, 5.74) is 1.44. The molecule has 2 aromatic heterocycles. The zero-order valence-electron chi connectivity index (χ0n) is 19.5. The lowest BCUT2D eigenvalue weighted by molar-refractivity contribution is -0.157. The van der Waals surface area contributed by atoms with Crippen LogP contribution in [0.25, 0.3) is 27.5 Å². The van der Waals surface area contributed by atoms with Gasteiger partial charge in [-0.15, -0.1) is 0 Å². The molecule has 2 atom stereocenters. The van der Waals surface area contributed by atoms with E-state index < -0.39 is 28.6 Å². The summed E-state index contributed by atoms with van der Waals surface area (Å²) < 4.78 is 35.9. The van der Waals surface area contributed by atoms with E-state index in [2.05, 4.69) is 16.3 Å². The molecule has 5 rings (SSSR count). The van der Waals surface area contributed by atoms with Gasteiger partial charge in [-0.2, -0.15) is 10.4 Å². The molecule has 180 valence electrons. The van der Waals surface area contributed by atoms with Crippen molar-refractivity contribution in [3.63, 3.8) is 0 Å². The molecule has 0 spiro atoms. The number of halogens is 2. The Kier molecular flexibility index (Phi) is 5.18. The summed E-state index contributed by atoms with van der Waals surface area (Å²) in [4.78, 5) is 11.9. The number of aromatic nitrogens is 3. The first-order valence-corrected chi connectivity index (χ1v) is 11.3. The van der Waals surface area contributed by atoms with Gasteiger partial charge in [0.25, 0.3) is 0 Å². The number of carboxylic acids is 1. The van der Waals surface area contributed by atoms with E-state index in [-0.39, 0.29) is 25.4 Å². The highest BCUT2D eigenvalue weighted by atomic mass is 19.2. The SMILES string of the molecule is CC(C)(CC#N)c1c(C2CO[C@@](C)(C(=O)O)C2)c2cc3[nH]ncc3cc2n1-c1ccc(F)c(F)c1. The molecular weight excluding hydrogens is 454 g/mol. The van der Waals surface area contributed by atoms with E-state index in [4.69, 9.17) is 4.74 Å². The minimum absolute atomic E-state index is 0.156. The summed E-state index contributed by atoms with van der Waals surface area (Å²) in [5, 5.41) is 28.1. The van der Waals surface area contributed by atoms with Gasteiger partial charge in [0.1, 0.15) is 0 Å². The first kappa shape index (κ1) is 23.0. The monoisotopic (exact) mass is 478 g/mol. The van der Waals surface area contributed by atoms with Crippen LogP contribution in [0.4, 0.5) is 8.78 Å². The maximum atomic E-state index is 14.4. The van der Waals surface area contributed by atoms with Crippen molar-refractivity contribution in [3.8, 4) is 11.8 Å². The van der Waals surface area contributed by atoms with Crippen LogP contribution in [0.1, 0.15) is 50.8 Å². The third kappa shape index (κ3) is 3.56. The van der Waals surface area contributed by atoms with E-state index in [1.807, 2.05) is 30.5 Å². The molecule has 1 saturated heterocycles. The molecule has 4 aromatic rings. The summed E-state index contributed by atoms with van der Waals surface area (Å²) >= 11 is 0. The summed E-state index contributed by atoms with van der Waals surface area (Å²) in [5.74, 6) is -3.28. The Labute approximate surface area is 199 Å². The summed E-state index contributed by atoms with van der Waals surface area (Å²) in [6.07, 6.45) is 2.07. The molecule has 0 radical (unpaired) electrons. The van der Waals surface area contributed by atoms with Gasteiger partial charge < -0.3 is 14.4 Å². The van der Waals surface area contributed by atoms with Crippen molar-refractivity contribution >= 4 is 27.8 Å². The lowest BCUT2D eigenvalue weighted by Crippen LogP contribution is -2.34. The number of carbonyl (C=O) groups is 1. The van der Waals surface area contributed by atoms with Gasteiger partial charge in [-0.25, -0.2) is 13.6 Å². The maximum Gasteiger partial charge on any atom is 0.335 e. The fourth-order valence-corrected chi connectivity index (χ4v) is 5.21. The van der Waals surface area contributed by atoms with Crippen molar-refractivity contribution in [2.24, 2.45) is 0 Å². The van der Waals surface area contributed by atoms with Crippen molar-refractivity contribution < 1.29 is 23.4 Å². The summed E-state index contributed by atoms with van der Waals surface area (Å²) in [6.45, 7) is 5.57. The van der Waals surface area contributed by atoms with Gasteiger partial charge in [-0.3, -0.25) is 5.10 Å². The number of ether oxygens (including phenoxy) is 1. The van der Waals surface area contributed by atoms with Gasteiger partial charge in [0.15, 0.2) is 17.2 Å². The van der Waals surface area contributed by atoms with Crippen LogP contribution in [-0.2, 0) is 14.9 Å². The number of fused-ring (bicyclic) bond motifs is 2. The molecular formula is C26H24F2N4O3. The standard InChI is InChI=1S/C26H24F2N4O3/c1-25(2,6-7-29)23-22(15-11-26(3,24(33)34)35-13-15)17-10-20-14(12-30-31-20)8-21(17)32(23)16-4-5-18(27)19(28)9-16/h4-5,8-10,12,15H,6,11,13H2,1-3H3,(H,30,31)(H,33,34)/t15?,26-/m1/s1. The second kappa shape index (κ2) is 7.89. The molecule has 1 aliphatic heterocycles. The number of hydrogen-bond donors (Lipinski definition) is 2. The molecule has 0 amide bonds. The molecule has 0 bridgehead atoms. The summed E-state index contributed by atoms with van der Waals surface area (Å²) in [7, 11) is 0. The molecule has 2 aromatic carbocycles. The minimum atomic E-state index is -1.35. The Hall–Kier alpha value is -3.77. The molecule has 1 fully saturated rings. The molecule has 35 heavy (non-hydrogen) atoms. The number of rotatable bonds is 5. The van der Waals surface area contributed by atoms with Gasteiger partial charge in [0.2, 0.25) is 0 Å². The van der Waals surface area contributed by atoms with Crippen LogP contribution >= 0.6 is 0 Å². The maximum absolute atomic E-state index is 14.4. The minimum Gasteiger partial charge on any atom is -0.479 e. The molecule has 2 N–H and O–H groups in total. The second-order valence-corrected chi connectivity index (χ2v) is 9.99. The Morgan fingerprint density at radius 1 is 1.34 bits per heavy atom. The number of hydrogen-bond acceptors (Lipinski definition) is 4. The van der Waals surface area contributed by atoms with Crippen LogP contribution < -0.4 is 0 Å². The Bertz CT molecular complexity index is 1530. The smallest absolute Gasteiger partial charge is 0.335 e. The number of nitrogens with zero attached hydrogens (tertiary/aromatic N) is 3. The fraction of sp³-hybridized carbons (Fsp3) is 0.346. The number of nitrogens with one attached hydrogen (secondary N) is 1. The lowest BCUT2D eigenvalue weighted by atomic mass is 9.79. The highest BCUT2D eigenvalue weighted by Gasteiger charge is 2.46. The third-order valence-electron chi connectivity index (χ3n) is 6.99. The molecule has 1 unspecified atom stereocenters. The molecule has 3 heterocycles. The first-order chi connectivity index (χ1) is 16.6. The average molecular weight is 478 g/mol. The van der Waals surface area contributed by atoms with Crippen LogP contribution in [-0.4, -0.2) is 38.0 Å². The Morgan fingerprint density at radius 3 is 2.77 bits per heavy atom. The number of nitriles is 1. The normalized spacial score (nSPS) is 20.5. The van der Waals surface area contributed by atoms with E-state index in [1.165, 1.54) is 6.07 Å². The van der Waals surface area contributed by atoms with Crippen LogP contribution in [0.15, 0.2) is 36.5 Å². The Morgan fingerprint density at radius 2 is 2.11 bits per heavy atom. The quantitative estimate of drug-likeness (QED) is 0.404. The predicted molar refractivity (Wildman–Crippen MR) is 125 cm³/mol. The van der Waals surface area contributed by atoms with Gasteiger partial charge in [-0.05, 0) is 43.2 Å². The lowest BCUT2D eigenvalue weighted by Gasteiger charge is -2.28. The van der Waals surface area contributed by atoms with Crippen molar-refractivity contribution in [1.29, 1.82) is 5.26 Å². The van der Waals surface area contributed by atoms with E-state index in [9.17, 15) is 23.9 Å². The highest BCUT2D eigenvalue weighted by molar-refractivity contribution is 5.99. The van der Waals surface area contributed by atoms with E-state index in [0.717, 1.165) is 45.2 Å². The average Bonchev–Trinajstić information content (AvgIpc) is 3.50. The zero-order valence-corrected chi connectivity index (χ0v) is 19.5. The Balaban J connectivity index is 1.89. The summed E-state index contributed by atoms with van der Waals surface area (Å²) in [6, 6.07) is 9.80. The highest BCUT2D eigenvalue weighted by Crippen LogP contribution is 2.47. The zero-order chi connectivity index (χ0) is 25.1.